The van der Waals surface area contributed by atoms with Gasteiger partial charge >= 0.3 is 0 Å². The first-order chi connectivity index (χ1) is 6.77. The molecular weight excluding hydrogens is 174 g/mol. The van der Waals surface area contributed by atoms with Crippen molar-refractivity contribution in [2.75, 3.05) is 13.2 Å². The summed E-state index contributed by atoms with van der Waals surface area (Å²) < 4.78 is 5.64. The smallest absolute Gasteiger partial charge is 0.0822 e. The molecule has 78 valence electrons. The minimum absolute atomic E-state index is 0.194. The molecule has 0 aromatic heterocycles. The SMILES string of the molecule is CCC(OCCN)c1ccc(C)cc1. The molecular formula is C12H19NO. The van der Waals surface area contributed by atoms with Crippen molar-refractivity contribution in [3.05, 3.63) is 35.4 Å². The normalized spacial score (nSPS) is 12.8. The molecule has 1 unspecified atom stereocenters. The van der Waals surface area contributed by atoms with E-state index < -0.39 is 0 Å². The molecule has 2 N–H and O–H groups in total. The second-order valence-electron chi connectivity index (χ2n) is 3.47. The van der Waals surface area contributed by atoms with Crippen LogP contribution in [-0.2, 0) is 4.74 Å². The maximum absolute atomic E-state index is 5.64. The Morgan fingerprint density at radius 3 is 2.43 bits per heavy atom. The van der Waals surface area contributed by atoms with Crippen molar-refractivity contribution in [3.63, 3.8) is 0 Å². The summed E-state index contributed by atoms with van der Waals surface area (Å²) in [7, 11) is 0. The first kappa shape index (κ1) is 11.2. The van der Waals surface area contributed by atoms with Crippen LogP contribution in [0.15, 0.2) is 24.3 Å². The van der Waals surface area contributed by atoms with Gasteiger partial charge in [0.2, 0.25) is 0 Å². The van der Waals surface area contributed by atoms with Crippen LogP contribution in [0, 0.1) is 6.92 Å². The van der Waals surface area contributed by atoms with Crippen LogP contribution < -0.4 is 5.73 Å². The zero-order valence-corrected chi connectivity index (χ0v) is 8.99. The number of nitrogens with two attached hydrogens (primary N) is 1. The summed E-state index contributed by atoms with van der Waals surface area (Å²) in [6.07, 6.45) is 1.18. The van der Waals surface area contributed by atoms with E-state index in [2.05, 4.69) is 38.1 Å². The van der Waals surface area contributed by atoms with Crippen LogP contribution in [0.2, 0.25) is 0 Å². The van der Waals surface area contributed by atoms with E-state index >= 15 is 0 Å². The van der Waals surface area contributed by atoms with Crippen LogP contribution in [0.25, 0.3) is 0 Å². The van der Waals surface area contributed by atoms with Gasteiger partial charge in [-0.15, -0.1) is 0 Å². The molecule has 0 radical (unpaired) electrons. The van der Waals surface area contributed by atoms with E-state index in [0.29, 0.717) is 13.2 Å². The summed E-state index contributed by atoms with van der Waals surface area (Å²) in [4.78, 5) is 0. The van der Waals surface area contributed by atoms with Crippen LogP contribution in [-0.4, -0.2) is 13.2 Å². The first-order valence-electron chi connectivity index (χ1n) is 5.16. The quantitative estimate of drug-likeness (QED) is 0.779. The van der Waals surface area contributed by atoms with Gasteiger partial charge in [-0.3, -0.25) is 0 Å². The van der Waals surface area contributed by atoms with E-state index in [1.165, 1.54) is 11.1 Å². The van der Waals surface area contributed by atoms with E-state index in [9.17, 15) is 0 Å². The lowest BCUT2D eigenvalue weighted by Gasteiger charge is -2.16. The van der Waals surface area contributed by atoms with Crippen molar-refractivity contribution in [1.29, 1.82) is 0 Å². The predicted molar refractivity (Wildman–Crippen MR) is 59.2 cm³/mol. The highest BCUT2D eigenvalue weighted by Gasteiger charge is 2.08. The third-order valence-electron chi connectivity index (χ3n) is 2.26. The van der Waals surface area contributed by atoms with Crippen LogP contribution in [0.5, 0.6) is 0 Å². The molecule has 1 aromatic rings. The van der Waals surface area contributed by atoms with Crippen molar-refractivity contribution < 1.29 is 4.74 Å². The molecule has 0 amide bonds. The Hall–Kier alpha value is -0.860. The summed E-state index contributed by atoms with van der Waals surface area (Å²) in [5.74, 6) is 0. The summed E-state index contributed by atoms with van der Waals surface area (Å²) in [5.41, 5.74) is 7.93. The van der Waals surface area contributed by atoms with Crippen molar-refractivity contribution in [2.45, 2.75) is 26.4 Å². The highest BCUT2D eigenvalue weighted by atomic mass is 16.5. The zero-order valence-electron chi connectivity index (χ0n) is 8.99. The average molecular weight is 193 g/mol. The molecule has 0 aliphatic heterocycles. The fourth-order valence-corrected chi connectivity index (χ4v) is 1.44. The fraction of sp³-hybridized carbons (Fsp3) is 0.500. The Balaban J connectivity index is 2.64. The minimum Gasteiger partial charge on any atom is -0.372 e. The van der Waals surface area contributed by atoms with E-state index in [1.54, 1.807) is 0 Å². The lowest BCUT2D eigenvalue weighted by atomic mass is 10.1. The third-order valence-corrected chi connectivity index (χ3v) is 2.26. The molecule has 1 atom stereocenters. The molecule has 0 aliphatic rings. The number of benzene rings is 1. The molecule has 0 fully saturated rings. The number of rotatable bonds is 5. The van der Waals surface area contributed by atoms with E-state index in [0.717, 1.165) is 6.42 Å². The number of ether oxygens (including phenoxy) is 1. The molecule has 0 spiro atoms. The Kier molecular flexibility index (Phi) is 4.63. The second-order valence-corrected chi connectivity index (χ2v) is 3.47. The maximum atomic E-state index is 5.64. The molecule has 2 nitrogen and oxygen atoms in total. The monoisotopic (exact) mass is 193 g/mol. The summed E-state index contributed by atoms with van der Waals surface area (Å²) in [5, 5.41) is 0. The van der Waals surface area contributed by atoms with Gasteiger partial charge in [0, 0.05) is 6.54 Å². The summed E-state index contributed by atoms with van der Waals surface area (Å²) in [6.45, 7) is 5.43. The van der Waals surface area contributed by atoms with Gasteiger partial charge in [-0.2, -0.15) is 0 Å². The number of hydrogen-bond donors (Lipinski definition) is 1. The first-order valence-corrected chi connectivity index (χ1v) is 5.16. The molecule has 1 rings (SSSR count). The molecule has 2 heteroatoms. The van der Waals surface area contributed by atoms with Gasteiger partial charge in [0.15, 0.2) is 0 Å². The molecule has 0 bridgehead atoms. The molecule has 0 aliphatic carbocycles. The van der Waals surface area contributed by atoms with Crippen molar-refractivity contribution >= 4 is 0 Å². The average Bonchev–Trinajstić information content (AvgIpc) is 2.21. The summed E-state index contributed by atoms with van der Waals surface area (Å²) >= 11 is 0. The minimum atomic E-state index is 0.194. The predicted octanol–water partition coefficient (Wildman–Crippen LogP) is 2.42. The lowest BCUT2D eigenvalue weighted by molar-refractivity contribution is 0.0556. The highest BCUT2D eigenvalue weighted by Crippen LogP contribution is 2.20. The van der Waals surface area contributed by atoms with Gasteiger partial charge in [0.05, 0.1) is 12.7 Å². The number of aryl methyl sites for hydroxylation is 1. The Labute approximate surface area is 86.1 Å². The largest absolute Gasteiger partial charge is 0.372 e. The molecule has 0 heterocycles. The van der Waals surface area contributed by atoms with E-state index in [1.807, 2.05) is 0 Å². The van der Waals surface area contributed by atoms with Crippen LogP contribution in [0.1, 0.15) is 30.6 Å². The molecule has 1 aromatic carbocycles. The van der Waals surface area contributed by atoms with Gasteiger partial charge in [-0.1, -0.05) is 36.8 Å². The van der Waals surface area contributed by atoms with Gasteiger partial charge < -0.3 is 10.5 Å². The van der Waals surface area contributed by atoms with Gasteiger partial charge in [0.1, 0.15) is 0 Å². The summed E-state index contributed by atoms with van der Waals surface area (Å²) in [6, 6.07) is 8.48. The van der Waals surface area contributed by atoms with Gasteiger partial charge in [-0.05, 0) is 18.9 Å². The Morgan fingerprint density at radius 1 is 1.29 bits per heavy atom. The molecule has 14 heavy (non-hydrogen) atoms. The Morgan fingerprint density at radius 2 is 1.93 bits per heavy atom. The van der Waals surface area contributed by atoms with Crippen LogP contribution in [0.4, 0.5) is 0 Å². The maximum Gasteiger partial charge on any atom is 0.0822 e. The fourth-order valence-electron chi connectivity index (χ4n) is 1.44. The zero-order chi connectivity index (χ0) is 10.4. The van der Waals surface area contributed by atoms with E-state index in [4.69, 9.17) is 10.5 Å². The lowest BCUT2D eigenvalue weighted by Crippen LogP contribution is -2.12. The van der Waals surface area contributed by atoms with E-state index in [-0.39, 0.29) is 6.10 Å². The van der Waals surface area contributed by atoms with Crippen molar-refractivity contribution in [3.8, 4) is 0 Å². The van der Waals surface area contributed by atoms with Gasteiger partial charge in [0.25, 0.3) is 0 Å². The number of hydrogen-bond acceptors (Lipinski definition) is 2. The van der Waals surface area contributed by atoms with Gasteiger partial charge in [-0.25, -0.2) is 0 Å². The highest BCUT2D eigenvalue weighted by molar-refractivity contribution is 5.23. The third kappa shape index (κ3) is 3.13. The van der Waals surface area contributed by atoms with Crippen LogP contribution >= 0.6 is 0 Å². The van der Waals surface area contributed by atoms with Crippen LogP contribution in [0.3, 0.4) is 0 Å². The Bertz CT molecular complexity index is 256. The standard InChI is InChI=1S/C12H19NO/c1-3-12(14-9-8-13)11-6-4-10(2)5-7-11/h4-7,12H,3,8-9,13H2,1-2H3. The molecule has 0 saturated heterocycles. The second kappa shape index (κ2) is 5.78. The van der Waals surface area contributed by atoms with Crippen molar-refractivity contribution in [2.24, 2.45) is 5.73 Å². The molecule has 0 saturated carbocycles. The van der Waals surface area contributed by atoms with Crippen molar-refractivity contribution in [1.82, 2.24) is 0 Å². The topological polar surface area (TPSA) is 35.2 Å².